The minimum absolute atomic E-state index is 0.0167. The highest BCUT2D eigenvalue weighted by molar-refractivity contribution is 7.80. The Hall–Kier alpha value is -7.48. The molecular formula is C39H83N25O7S. The third-order valence-corrected chi connectivity index (χ3v) is 9.90. The Balaban J connectivity index is 5.38. The van der Waals surface area contributed by atoms with Crippen LogP contribution in [0, 0.1) is 0 Å². The molecule has 0 saturated heterocycles. The Kier molecular flexibility index (Phi) is 35.2. The number of nitrogens with two attached hydrogens (primary N) is 9. The van der Waals surface area contributed by atoms with E-state index in [-0.39, 0.29) is 88.5 Å². The number of carbonyl (C=O) groups is 7. The molecule has 0 heterocycles. The molecule has 32 nitrogen and oxygen atoms in total. The van der Waals surface area contributed by atoms with Crippen LogP contribution in [0.4, 0.5) is 28.8 Å². The predicted molar refractivity (Wildman–Crippen MR) is 281 cm³/mol. The second kappa shape index (κ2) is 39.3. The Morgan fingerprint density at radius 1 is 0.389 bits per heavy atom. The molecule has 0 aliphatic carbocycles. The maximum atomic E-state index is 13.2. The second-order valence-corrected chi connectivity index (χ2v) is 16.9. The zero-order valence-corrected chi connectivity index (χ0v) is 42.3. The highest BCUT2D eigenvalue weighted by atomic mass is 32.1. The molecule has 0 spiro atoms. The van der Waals surface area contributed by atoms with Crippen LogP contribution in [-0.2, 0) is 4.79 Å². The highest BCUT2D eigenvalue weighted by Gasteiger charge is 2.20. The SMILES string of the molecule is CC(CNC(=O)NC(CCCN=C(N)N)CNC(N)=O)NC(=O)NC[C@H](CCCN=C(N)N)NC(=O)NCC(CCCN=C(N)N)NC(=O)NC[C@H](C)NC(=O)NCC(CCCN=C(N)N)NC(=O)CCS. The number of aliphatic imine (C=N–C) groups is 4. The van der Waals surface area contributed by atoms with Gasteiger partial charge in [0.2, 0.25) is 5.91 Å². The van der Waals surface area contributed by atoms with Gasteiger partial charge in [0.25, 0.3) is 0 Å². The maximum absolute atomic E-state index is 13.2. The van der Waals surface area contributed by atoms with E-state index in [0.717, 1.165) is 0 Å². The third-order valence-electron chi connectivity index (χ3n) is 9.67. The molecule has 0 aliphatic rings. The van der Waals surface area contributed by atoms with Gasteiger partial charge in [-0.2, -0.15) is 12.6 Å². The number of rotatable bonds is 36. The monoisotopic (exact) mass is 1050 g/mol. The number of guanidine groups is 4. The van der Waals surface area contributed by atoms with E-state index in [2.05, 4.69) is 96.4 Å². The molecule has 0 bridgehead atoms. The van der Waals surface area contributed by atoms with Crippen LogP contribution < -0.4 is 115 Å². The molecule has 0 aromatic carbocycles. The standard InChI is InChI=1S/C39H83N25O7S/c1-23(59-35(67)56-20-25(61-29(65)11-16-72)7-3-12-49-30(40)41)18-55-38(70)63-28(10-6-15-52-33(46)47)22-58-39(71)64-27(9-5-14-51-32(44)45)21-57-36(68)60-24(2)17-54-37(69)62-26(19-53-34(48)66)8-4-13-50-31(42)43/h23-28,72H,3-22H2,1-2H3,(H,61,65)(H4,40,41,49)(H4,42,43,50)(H4,44,45,51)(H4,46,47,52)(H3,48,53,66)(H2,54,62,69)(H2,55,63,70)(H2,56,59,67)(H2,57,60,68)(H2,58,64,71)/t23-,24?,25?,26?,27-,28?/m0/s1. The molecule has 412 valence electrons. The van der Waals surface area contributed by atoms with Crippen molar-refractivity contribution in [2.45, 2.75) is 108 Å². The molecule has 4 unspecified atom stereocenters. The molecule has 33 heteroatoms. The first-order valence-electron chi connectivity index (χ1n) is 23.4. The van der Waals surface area contributed by atoms with Gasteiger partial charge in [0, 0.05) is 108 Å². The normalized spacial score (nSPS) is 12.9. The van der Waals surface area contributed by atoms with Crippen LogP contribution >= 0.6 is 12.6 Å². The summed E-state index contributed by atoms with van der Waals surface area (Å²) in [6, 6.07) is -6.78. The summed E-state index contributed by atoms with van der Waals surface area (Å²) in [5.74, 6) is -0.181. The van der Waals surface area contributed by atoms with E-state index < -0.39 is 72.4 Å². The van der Waals surface area contributed by atoms with E-state index in [1.165, 1.54) is 0 Å². The molecule has 13 amide bonds. The van der Waals surface area contributed by atoms with E-state index >= 15 is 0 Å². The smallest absolute Gasteiger partial charge is 0.315 e. The summed E-state index contributed by atoms with van der Waals surface area (Å²) in [5, 5.41) is 32.7. The molecule has 0 aliphatic heterocycles. The minimum atomic E-state index is -0.758. The van der Waals surface area contributed by atoms with Crippen LogP contribution in [0.1, 0.15) is 71.6 Å². The third kappa shape index (κ3) is 39.4. The van der Waals surface area contributed by atoms with Gasteiger partial charge in [0.15, 0.2) is 23.8 Å². The number of hydrogen-bond donors (Lipinski definition) is 22. The lowest BCUT2D eigenvalue weighted by molar-refractivity contribution is -0.121. The molecule has 72 heavy (non-hydrogen) atoms. The van der Waals surface area contributed by atoms with Crippen LogP contribution in [-0.4, -0.2) is 173 Å². The number of nitrogens with one attached hydrogen (secondary N) is 12. The molecule has 30 N–H and O–H groups in total. The number of amides is 13. The van der Waals surface area contributed by atoms with E-state index in [0.29, 0.717) is 70.2 Å². The first kappa shape index (κ1) is 64.5. The topological polar surface area (TPSA) is 547 Å². The summed E-state index contributed by atoms with van der Waals surface area (Å²) >= 11 is 4.09. The molecule has 0 radical (unpaired) electrons. The largest absolute Gasteiger partial charge is 0.370 e. The molecule has 0 saturated carbocycles. The van der Waals surface area contributed by atoms with Gasteiger partial charge in [0.1, 0.15) is 0 Å². The molecular weight excluding hydrogens is 963 g/mol. The Morgan fingerprint density at radius 2 is 0.653 bits per heavy atom. The average molecular weight is 1050 g/mol. The van der Waals surface area contributed by atoms with E-state index in [1.807, 2.05) is 0 Å². The Morgan fingerprint density at radius 3 is 0.931 bits per heavy atom. The van der Waals surface area contributed by atoms with Crippen molar-refractivity contribution in [2.24, 2.45) is 71.6 Å². The van der Waals surface area contributed by atoms with Crippen molar-refractivity contribution in [1.29, 1.82) is 0 Å². The van der Waals surface area contributed by atoms with Gasteiger partial charge in [-0.15, -0.1) is 0 Å². The van der Waals surface area contributed by atoms with Crippen molar-refractivity contribution in [3.63, 3.8) is 0 Å². The van der Waals surface area contributed by atoms with Gasteiger partial charge in [-0.05, 0) is 71.0 Å². The lowest BCUT2D eigenvalue weighted by Crippen LogP contribution is -2.54. The lowest BCUT2D eigenvalue weighted by atomic mass is 10.1. The van der Waals surface area contributed by atoms with Crippen molar-refractivity contribution in [2.75, 3.05) is 71.2 Å². The van der Waals surface area contributed by atoms with Crippen LogP contribution in [0.2, 0.25) is 0 Å². The number of carbonyl (C=O) groups excluding carboxylic acids is 7. The summed E-state index contributed by atoms with van der Waals surface area (Å²) < 4.78 is 0. The van der Waals surface area contributed by atoms with E-state index in [1.54, 1.807) is 13.8 Å². The lowest BCUT2D eigenvalue weighted by Gasteiger charge is -2.23. The average Bonchev–Trinajstić information content (AvgIpc) is 3.29. The van der Waals surface area contributed by atoms with Gasteiger partial charge in [-0.1, -0.05) is 0 Å². The summed E-state index contributed by atoms with van der Waals surface area (Å²) in [6.07, 6.45) is 3.76. The van der Waals surface area contributed by atoms with Gasteiger partial charge in [-0.25, -0.2) is 28.8 Å². The van der Waals surface area contributed by atoms with Crippen LogP contribution in [0.15, 0.2) is 20.0 Å². The van der Waals surface area contributed by atoms with Crippen LogP contribution in [0.5, 0.6) is 0 Å². The number of nitrogens with zero attached hydrogens (tertiary/aromatic N) is 4. The summed E-state index contributed by atoms with van der Waals surface area (Å²) in [4.78, 5) is 104. The Labute approximate surface area is 425 Å². The fourth-order valence-electron chi connectivity index (χ4n) is 6.21. The van der Waals surface area contributed by atoms with Gasteiger partial charge >= 0.3 is 36.2 Å². The van der Waals surface area contributed by atoms with Crippen molar-refractivity contribution >= 4 is 78.6 Å². The summed E-state index contributed by atoms with van der Waals surface area (Å²) in [5.41, 5.74) is 48.5. The summed E-state index contributed by atoms with van der Waals surface area (Å²) in [7, 11) is 0. The zero-order valence-electron chi connectivity index (χ0n) is 41.4. The number of primary amides is 1. The number of thiol groups is 1. The highest BCUT2D eigenvalue weighted by Crippen LogP contribution is 2.02. The Bertz CT molecular complexity index is 1760. The van der Waals surface area contributed by atoms with Gasteiger partial charge < -0.3 is 115 Å². The van der Waals surface area contributed by atoms with Crippen molar-refractivity contribution in [3.05, 3.63) is 0 Å². The minimum Gasteiger partial charge on any atom is -0.370 e. The van der Waals surface area contributed by atoms with Crippen molar-refractivity contribution in [3.8, 4) is 0 Å². The molecule has 0 aromatic rings. The second-order valence-electron chi connectivity index (χ2n) is 16.4. The molecule has 0 fully saturated rings. The van der Waals surface area contributed by atoms with E-state index in [4.69, 9.17) is 51.6 Å². The quantitative estimate of drug-likeness (QED) is 0.0120. The van der Waals surface area contributed by atoms with Gasteiger partial charge in [0.05, 0.1) is 0 Å². The first-order chi connectivity index (χ1) is 34.1. The van der Waals surface area contributed by atoms with Crippen LogP contribution in [0.25, 0.3) is 0 Å². The first-order valence-corrected chi connectivity index (χ1v) is 24.1. The fraction of sp³-hybridized carbons (Fsp3) is 0.718. The van der Waals surface area contributed by atoms with Crippen molar-refractivity contribution < 1.29 is 33.6 Å². The number of urea groups is 6. The molecule has 6 atom stereocenters. The molecule has 0 rings (SSSR count). The number of hydrogen-bond acceptors (Lipinski definition) is 12. The summed E-state index contributed by atoms with van der Waals surface area (Å²) in [6.45, 7) is 4.72. The zero-order chi connectivity index (χ0) is 54.3. The van der Waals surface area contributed by atoms with Crippen molar-refractivity contribution in [1.82, 2.24) is 63.8 Å². The van der Waals surface area contributed by atoms with E-state index in [9.17, 15) is 33.6 Å². The van der Waals surface area contributed by atoms with Crippen LogP contribution in [0.3, 0.4) is 0 Å². The van der Waals surface area contributed by atoms with Gasteiger partial charge in [-0.3, -0.25) is 24.8 Å². The molecule has 0 aromatic heterocycles. The maximum Gasteiger partial charge on any atom is 0.315 e. The fourth-order valence-corrected chi connectivity index (χ4v) is 6.41. The predicted octanol–water partition coefficient (Wildman–Crippen LogP) is -5.95.